The molecule has 0 spiro atoms. The van der Waals surface area contributed by atoms with Crippen LogP contribution in [0.1, 0.15) is 246 Å². The number of aliphatic hydroxyl groups excluding tert-OH is 5. The average Bonchev–Trinajstić information content (AvgIpc) is 1.60. The van der Waals surface area contributed by atoms with Crippen LogP contribution in [-0.2, 0) is 61.1 Å². The topological polar surface area (TPSA) is 289 Å². The van der Waals surface area contributed by atoms with E-state index in [4.69, 9.17) is 42.9 Å². The number of hydrogen-bond acceptors (Lipinski definition) is 18. The number of alkyl halides is 2. The second-order valence-corrected chi connectivity index (χ2v) is 41.5. The van der Waals surface area contributed by atoms with Crippen LogP contribution in [0.5, 0.6) is 17.2 Å². The Bertz CT molecular complexity index is 5230. The molecule has 0 bridgehead atoms. The van der Waals surface area contributed by atoms with Gasteiger partial charge in [-0.3, -0.25) is 0 Å². The van der Waals surface area contributed by atoms with Crippen molar-refractivity contribution in [2.45, 2.75) is 239 Å². The molecule has 24 heteroatoms. The largest absolute Gasteiger partial charge is 0.508 e. The first-order valence-corrected chi connectivity index (χ1v) is 50.7. The third-order valence-corrected chi connectivity index (χ3v) is 31.9. The first-order chi connectivity index (χ1) is 60.6. The molecule has 692 valence electrons. The number of carboxylic acid groups (broad SMARTS) is 1. The molecule has 0 radical (unpaired) electrons. The number of aliphatic hydroxyl groups is 5. The Morgan fingerprint density at radius 1 is 0.386 bits per heavy atom. The maximum atomic E-state index is 14.0. The maximum Gasteiger partial charge on any atom is 0.335 e. The van der Waals surface area contributed by atoms with E-state index in [0.29, 0.717) is 99.6 Å². The van der Waals surface area contributed by atoms with E-state index in [0.717, 1.165) is 144 Å². The van der Waals surface area contributed by atoms with E-state index in [9.17, 15) is 55.6 Å². The zero-order chi connectivity index (χ0) is 93.0. The quantitative estimate of drug-likeness (QED) is 0.0188. The number of carboxylic acids is 1. The Labute approximate surface area is 766 Å². The molecule has 0 unspecified atom stereocenters. The number of rotatable bonds is 33. The van der Waals surface area contributed by atoms with Crippen LogP contribution in [0.4, 0.5) is 17.1 Å². The summed E-state index contributed by atoms with van der Waals surface area (Å²) in [4.78, 5) is 17.2. The summed E-state index contributed by atoms with van der Waals surface area (Å²) in [6.45, 7) is 13.1. The number of ether oxygens (including phenoxy) is 2. The molecule has 0 fully saturated rings. The summed E-state index contributed by atoms with van der Waals surface area (Å²) < 4.78 is 94.4. The summed E-state index contributed by atoms with van der Waals surface area (Å²) >= 11 is 11.1. The van der Waals surface area contributed by atoms with E-state index in [1.165, 1.54) is 0 Å². The summed E-state index contributed by atoms with van der Waals surface area (Å²) in [6.07, 6.45) is 12.6. The van der Waals surface area contributed by atoms with Crippen molar-refractivity contribution >= 4 is 75.7 Å². The first kappa shape index (κ1) is 104. The molecule has 9 aromatic rings. The SMILES string of the molecule is CCCCC1(CCCC)CS(=O)(=O)c2ccc(N(C)C)cc2[C@@H](c2ccc(O)cc2)[C@H]1O.CCCCC1(CCCC)CS(=O)(=O)c2ccc(N(C)C)cc2[C@@H](c2ccc(OC)cc2)[C@H]1O.CCCCC1(CCCC)CS(=O)(=O)c2ccc(N(C)C)cc2[C@@H](c2ccc(OCc3ccc(CO)cc3)cc2)[C@H]1O.O=C(O)c1ccc(CCl)cc1.OCc1ccc(CCl)cc1. The highest BCUT2D eigenvalue weighted by atomic mass is 35.5. The van der Waals surface area contributed by atoms with Crippen LogP contribution in [-0.4, -0.2) is 152 Å². The third kappa shape index (κ3) is 26.9. The number of sulfone groups is 3. The fourth-order valence-electron chi connectivity index (χ4n) is 17.8. The maximum absolute atomic E-state index is 14.0. The minimum atomic E-state index is -3.63. The van der Waals surface area contributed by atoms with Crippen LogP contribution < -0.4 is 24.2 Å². The summed E-state index contributed by atoms with van der Waals surface area (Å²) in [7, 11) is 2.42. The zero-order valence-electron chi connectivity index (χ0n) is 76.5. The second kappa shape index (κ2) is 48.4. The number of phenols is 1. The van der Waals surface area contributed by atoms with Gasteiger partial charge in [-0.2, -0.15) is 0 Å². The van der Waals surface area contributed by atoms with Gasteiger partial charge in [0.15, 0.2) is 29.5 Å². The lowest BCUT2D eigenvalue weighted by Gasteiger charge is -2.40. The number of unbranched alkanes of at least 4 members (excludes halogenated alkanes) is 6. The van der Waals surface area contributed by atoms with Crippen LogP contribution in [0.25, 0.3) is 0 Å². The minimum Gasteiger partial charge on any atom is -0.508 e. The molecule has 9 aromatic carbocycles. The summed E-state index contributed by atoms with van der Waals surface area (Å²) in [5, 5.41) is 72.7. The van der Waals surface area contributed by atoms with Crippen LogP contribution in [0.15, 0.2) is 215 Å². The van der Waals surface area contributed by atoms with E-state index in [2.05, 4.69) is 41.5 Å². The number of phenolic OH excluding ortho intramolecular Hbond substituents is 1. The molecular weight excluding hydrogens is 1700 g/mol. The van der Waals surface area contributed by atoms with Crippen molar-refractivity contribution in [3.8, 4) is 17.2 Å². The molecule has 3 aliphatic heterocycles. The molecule has 3 aliphatic rings. The van der Waals surface area contributed by atoms with Crippen molar-refractivity contribution in [1.82, 2.24) is 0 Å². The summed E-state index contributed by atoms with van der Waals surface area (Å²) in [5.74, 6) is 0.117. The van der Waals surface area contributed by atoms with Crippen molar-refractivity contribution < 1.29 is 75.3 Å². The number of aromatic carboxylic acids is 1. The van der Waals surface area contributed by atoms with Gasteiger partial charge in [0, 0.05) is 105 Å². The highest BCUT2D eigenvalue weighted by Gasteiger charge is 2.53. The Hall–Kier alpha value is -8.52. The number of aromatic hydroxyl groups is 1. The lowest BCUT2D eigenvalue weighted by atomic mass is 9.68. The Balaban J connectivity index is 0.000000212. The molecule has 12 rings (SSSR count). The van der Waals surface area contributed by atoms with Gasteiger partial charge in [-0.25, -0.2) is 30.0 Å². The Morgan fingerprint density at radius 3 is 0.913 bits per heavy atom. The number of anilines is 3. The molecule has 0 saturated carbocycles. The van der Waals surface area contributed by atoms with Gasteiger partial charge in [0.2, 0.25) is 0 Å². The van der Waals surface area contributed by atoms with Gasteiger partial charge in [0.25, 0.3) is 0 Å². The van der Waals surface area contributed by atoms with Gasteiger partial charge in [0.05, 0.1) is 76.1 Å². The molecule has 0 saturated heterocycles. The fraction of sp³-hybridized carbons (Fsp3) is 0.466. The fourth-order valence-corrected chi connectivity index (χ4v) is 24.7. The number of fused-ring (bicyclic) bond motifs is 3. The van der Waals surface area contributed by atoms with Crippen molar-refractivity contribution in [2.75, 3.05) is 81.4 Å². The number of hydrogen-bond donors (Lipinski definition) is 7. The third-order valence-electron chi connectivity index (χ3n) is 25.3. The van der Waals surface area contributed by atoms with Crippen LogP contribution in [0.2, 0.25) is 0 Å². The smallest absolute Gasteiger partial charge is 0.335 e. The second-order valence-electron chi connectivity index (χ2n) is 35.0. The Morgan fingerprint density at radius 2 is 0.654 bits per heavy atom. The molecule has 7 N–H and O–H groups in total. The van der Waals surface area contributed by atoms with Gasteiger partial charge in [-0.05, 0) is 203 Å². The predicted molar refractivity (Wildman–Crippen MR) is 516 cm³/mol. The Kier molecular flexibility index (Phi) is 39.6. The first-order valence-electron chi connectivity index (χ1n) is 44.7. The molecule has 6 atom stereocenters. The van der Waals surface area contributed by atoms with Gasteiger partial charge in [-0.15, -0.1) is 23.2 Å². The highest BCUT2D eigenvalue weighted by Crippen LogP contribution is 2.54. The molecule has 127 heavy (non-hydrogen) atoms. The molecule has 3 heterocycles. The minimum absolute atomic E-state index is 0.00819. The number of nitrogens with zero attached hydrogens (tertiary/aromatic N) is 3. The number of methoxy groups -OCH3 is 1. The van der Waals surface area contributed by atoms with Crippen LogP contribution in [0, 0.1) is 16.2 Å². The van der Waals surface area contributed by atoms with E-state index < -0.39 is 87.8 Å². The summed E-state index contributed by atoms with van der Waals surface area (Å²) in [5.41, 5.74) is 10.3. The lowest BCUT2D eigenvalue weighted by molar-refractivity contribution is 0.0126. The monoisotopic (exact) mass is 1840 g/mol. The zero-order valence-corrected chi connectivity index (χ0v) is 80.5. The van der Waals surface area contributed by atoms with Crippen LogP contribution in [0.3, 0.4) is 0 Å². The van der Waals surface area contributed by atoms with Gasteiger partial charge >= 0.3 is 5.97 Å². The lowest BCUT2D eigenvalue weighted by Crippen LogP contribution is -2.43. The molecule has 0 aliphatic carbocycles. The van der Waals surface area contributed by atoms with Crippen molar-refractivity contribution in [1.29, 1.82) is 0 Å². The van der Waals surface area contributed by atoms with Crippen molar-refractivity contribution in [3.05, 3.63) is 267 Å². The van der Waals surface area contributed by atoms with Gasteiger partial charge in [0.1, 0.15) is 23.9 Å². The van der Waals surface area contributed by atoms with E-state index >= 15 is 0 Å². The van der Waals surface area contributed by atoms with E-state index in [-0.39, 0.29) is 36.2 Å². The van der Waals surface area contributed by atoms with Gasteiger partial charge in [-0.1, -0.05) is 216 Å². The standard InChI is InChI=1S/C34H45NO5S.C27H39NO4S.C26H37NO4S.C8H7ClO2.C8H9ClO/c1-5-7-19-34(20-8-6-2)24-41(38,39)31-18-15-28(35(3)4)21-30(31)32(33(34)37)27-13-16-29(17-14-27)40-23-26-11-9-25(22-36)10-12-26;1-6-8-16-27(17-9-7-2)19-33(30,31)24-15-12-21(28(3)4)18-23(24)25(26(27)29)20-10-13-22(32-5)14-11-20;1-5-7-15-26(16-8-6-2)18-32(30,31)23-14-11-20(27(3)4)17-22(23)24(25(26)29)19-9-12-21(28)13-10-19;9-5-6-1-3-7(4-2-6)8(10)11;9-5-7-1-3-8(6-10)4-2-7/h9-18,21,32-33,36-37H,5-8,19-20,22-24H2,1-4H3;10-15,18,25-26,29H,6-9,16-17,19H2,1-5H3;9-14,17,24-25,28-29H,5-8,15-16,18H2,1-4H3;1-4H,5H2,(H,10,11);1-4,10H,5-6H2/t32-,33-;25-,26-;24-,25-;;/m111../s1. The number of benzene rings is 9. The van der Waals surface area contributed by atoms with E-state index in [1.807, 2.05) is 190 Å². The summed E-state index contributed by atoms with van der Waals surface area (Å²) in [6, 6.07) is 60.5. The average molecular weight is 1840 g/mol. The van der Waals surface area contributed by atoms with Crippen molar-refractivity contribution in [3.63, 3.8) is 0 Å². The van der Waals surface area contributed by atoms with E-state index in [1.54, 1.807) is 73.8 Å². The normalized spacial score (nSPS) is 18.7. The predicted octanol–water partition coefficient (Wildman–Crippen LogP) is 21.0. The number of carbonyl (C=O) groups is 1. The number of halogens is 2. The molecule has 0 aromatic heterocycles. The van der Waals surface area contributed by atoms with Crippen molar-refractivity contribution in [2.24, 2.45) is 16.2 Å². The molecular formula is C103H137Cl2N3O16S3. The van der Waals surface area contributed by atoms with Gasteiger partial charge < -0.3 is 59.9 Å². The molecule has 19 nitrogen and oxygen atoms in total. The highest BCUT2D eigenvalue weighted by molar-refractivity contribution is 7.92. The van der Waals surface area contributed by atoms with Crippen LogP contribution >= 0.6 is 23.2 Å². The molecule has 0 amide bonds.